The monoisotopic (exact) mass is 395 g/mol. The second-order valence-corrected chi connectivity index (χ2v) is 5.77. The number of hydrogen-bond donors (Lipinski definition) is 2. The van der Waals surface area contributed by atoms with E-state index in [0.717, 1.165) is 17.7 Å². The lowest BCUT2D eigenvalue weighted by Gasteiger charge is -2.07. The molecular formula is C22H19F2N3O2. The molecule has 2 amide bonds. The van der Waals surface area contributed by atoms with E-state index in [4.69, 9.17) is 5.73 Å². The maximum atomic E-state index is 13.3. The van der Waals surface area contributed by atoms with Crippen LogP contribution in [0.15, 0.2) is 79.1 Å². The number of nitrogens with two attached hydrogens (primary N) is 1. The summed E-state index contributed by atoms with van der Waals surface area (Å²) in [5.41, 5.74) is 6.13. The van der Waals surface area contributed by atoms with Crippen molar-refractivity contribution in [1.29, 1.82) is 0 Å². The summed E-state index contributed by atoms with van der Waals surface area (Å²) in [7, 11) is 0. The van der Waals surface area contributed by atoms with E-state index >= 15 is 0 Å². The van der Waals surface area contributed by atoms with Gasteiger partial charge in [-0.2, -0.15) is 0 Å². The van der Waals surface area contributed by atoms with Crippen molar-refractivity contribution in [3.05, 3.63) is 107 Å². The fraction of sp³-hybridized carbons (Fsp3) is 0.0455. The molecule has 3 N–H and O–H groups in total. The fourth-order valence-electron chi connectivity index (χ4n) is 2.21. The Morgan fingerprint density at radius 2 is 1.55 bits per heavy atom. The largest absolute Gasteiger partial charge is 0.366 e. The van der Waals surface area contributed by atoms with Crippen molar-refractivity contribution in [2.45, 2.75) is 6.54 Å². The fourth-order valence-corrected chi connectivity index (χ4v) is 2.21. The van der Waals surface area contributed by atoms with Gasteiger partial charge in [-0.3, -0.25) is 14.6 Å². The van der Waals surface area contributed by atoms with E-state index in [-0.39, 0.29) is 18.0 Å². The summed E-state index contributed by atoms with van der Waals surface area (Å²) in [5.74, 6) is -2.13. The third kappa shape index (κ3) is 7.34. The summed E-state index contributed by atoms with van der Waals surface area (Å²) >= 11 is 0. The molecular weight excluding hydrogens is 376 g/mol. The third-order valence-electron chi connectivity index (χ3n) is 3.67. The predicted molar refractivity (Wildman–Crippen MR) is 106 cm³/mol. The smallest absolute Gasteiger partial charge is 0.251 e. The van der Waals surface area contributed by atoms with Crippen LogP contribution < -0.4 is 11.1 Å². The van der Waals surface area contributed by atoms with E-state index in [9.17, 15) is 18.4 Å². The number of rotatable bonds is 5. The molecule has 0 atom stereocenters. The number of carbonyl (C=O) groups excluding carboxylic acids is 2. The van der Waals surface area contributed by atoms with Crippen molar-refractivity contribution < 1.29 is 18.4 Å². The topological polar surface area (TPSA) is 85.1 Å². The maximum absolute atomic E-state index is 13.3. The van der Waals surface area contributed by atoms with Gasteiger partial charge in [0.1, 0.15) is 11.6 Å². The van der Waals surface area contributed by atoms with Crippen LogP contribution in [0.3, 0.4) is 0 Å². The number of hydrogen-bond acceptors (Lipinski definition) is 3. The van der Waals surface area contributed by atoms with Crippen molar-refractivity contribution in [3.8, 4) is 0 Å². The van der Waals surface area contributed by atoms with E-state index in [2.05, 4.69) is 10.3 Å². The van der Waals surface area contributed by atoms with Crippen molar-refractivity contribution in [2.24, 2.45) is 5.73 Å². The van der Waals surface area contributed by atoms with Gasteiger partial charge in [0.2, 0.25) is 5.91 Å². The highest BCUT2D eigenvalue weighted by molar-refractivity contribution is 5.94. The Balaban J connectivity index is 0.000000234. The van der Waals surface area contributed by atoms with E-state index in [0.29, 0.717) is 5.56 Å². The Bertz CT molecular complexity index is 958. The van der Waals surface area contributed by atoms with Gasteiger partial charge in [0.25, 0.3) is 5.91 Å². The first kappa shape index (κ1) is 21.4. The molecule has 0 spiro atoms. The second-order valence-electron chi connectivity index (χ2n) is 5.77. The van der Waals surface area contributed by atoms with Crippen LogP contribution in [0, 0.1) is 11.6 Å². The Hall–Kier alpha value is -3.87. The first-order valence-corrected chi connectivity index (χ1v) is 8.61. The van der Waals surface area contributed by atoms with Crippen molar-refractivity contribution in [3.63, 3.8) is 0 Å². The summed E-state index contributed by atoms with van der Waals surface area (Å²) in [6.45, 7) is -0.174. The molecule has 0 bridgehead atoms. The minimum Gasteiger partial charge on any atom is -0.366 e. The Kier molecular flexibility index (Phi) is 8.19. The van der Waals surface area contributed by atoms with E-state index < -0.39 is 17.5 Å². The zero-order valence-electron chi connectivity index (χ0n) is 15.4. The number of amides is 2. The van der Waals surface area contributed by atoms with Crippen molar-refractivity contribution >= 4 is 17.9 Å². The summed E-state index contributed by atoms with van der Waals surface area (Å²) in [6, 6.07) is 15.7. The van der Waals surface area contributed by atoms with Crippen LogP contribution in [0.2, 0.25) is 0 Å². The highest BCUT2D eigenvalue weighted by Crippen LogP contribution is 2.11. The number of primary amides is 1. The molecule has 0 saturated carbocycles. The molecule has 7 heteroatoms. The van der Waals surface area contributed by atoms with Crippen LogP contribution in [0.1, 0.15) is 21.5 Å². The first-order valence-electron chi connectivity index (χ1n) is 8.61. The van der Waals surface area contributed by atoms with Crippen molar-refractivity contribution in [1.82, 2.24) is 10.3 Å². The standard InChI is InChI=1S/C14H11F2NO.C8H8N2O/c15-12-7-4-8-13(16)11(12)9-17-14(18)10-5-2-1-3-6-10;9-8(11)2-1-7-3-5-10-6-4-7/h1-8H,9H2,(H,17,18);1-6H,(H2,9,11)/b;2-1+. The normalized spacial score (nSPS) is 10.1. The SMILES string of the molecule is NC(=O)/C=C/c1ccncc1.O=C(NCc1c(F)cccc1F)c1ccccc1. The first-order chi connectivity index (χ1) is 14.0. The molecule has 0 radical (unpaired) electrons. The zero-order valence-corrected chi connectivity index (χ0v) is 15.4. The number of pyridine rings is 1. The molecule has 3 rings (SSSR count). The number of nitrogens with one attached hydrogen (secondary N) is 1. The molecule has 1 heterocycles. The lowest BCUT2D eigenvalue weighted by Crippen LogP contribution is -2.23. The van der Waals surface area contributed by atoms with E-state index in [1.165, 1.54) is 12.1 Å². The van der Waals surface area contributed by atoms with Gasteiger partial charge >= 0.3 is 0 Å². The van der Waals surface area contributed by atoms with Gasteiger partial charge in [-0.15, -0.1) is 0 Å². The van der Waals surface area contributed by atoms with Crippen LogP contribution in [-0.4, -0.2) is 16.8 Å². The average Bonchev–Trinajstić information content (AvgIpc) is 2.73. The predicted octanol–water partition coefficient (Wildman–Crippen LogP) is 3.47. The lowest BCUT2D eigenvalue weighted by molar-refractivity contribution is -0.113. The number of aromatic nitrogens is 1. The van der Waals surface area contributed by atoms with Gasteiger partial charge in [0.15, 0.2) is 0 Å². The van der Waals surface area contributed by atoms with Gasteiger partial charge in [-0.1, -0.05) is 24.3 Å². The summed E-state index contributed by atoms with van der Waals surface area (Å²) in [4.78, 5) is 25.8. The molecule has 0 saturated heterocycles. The van der Waals surface area contributed by atoms with Crippen LogP contribution >= 0.6 is 0 Å². The minimum absolute atomic E-state index is 0.137. The minimum atomic E-state index is -0.664. The van der Waals surface area contributed by atoms with Crippen LogP contribution in [0.4, 0.5) is 8.78 Å². The highest BCUT2D eigenvalue weighted by Gasteiger charge is 2.10. The van der Waals surface area contributed by atoms with Crippen LogP contribution in [-0.2, 0) is 11.3 Å². The summed E-state index contributed by atoms with van der Waals surface area (Å²) < 4.78 is 26.6. The van der Waals surface area contributed by atoms with Gasteiger partial charge in [0, 0.05) is 36.1 Å². The quantitative estimate of drug-likeness (QED) is 0.649. The van der Waals surface area contributed by atoms with Crippen LogP contribution in [0.25, 0.3) is 6.08 Å². The molecule has 0 aliphatic rings. The van der Waals surface area contributed by atoms with Gasteiger partial charge in [-0.05, 0) is 48.0 Å². The molecule has 29 heavy (non-hydrogen) atoms. The van der Waals surface area contributed by atoms with Crippen molar-refractivity contribution in [2.75, 3.05) is 0 Å². The molecule has 0 unspecified atom stereocenters. The maximum Gasteiger partial charge on any atom is 0.251 e. The van der Waals surface area contributed by atoms with Gasteiger partial charge in [0.05, 0.1) is 0 Å². The second kappa shape index (κ2) is 11.1. The molecule has 0 aliphatic heterocycles. The average molecular weight is 395 g/mol. The summed E-state index contributed by atoms with van der Waals surface area (Å²) in [5, 5.41) is 2.48. The van der Waals surface area contributed by atoms with Crippen LogP contribution in [0.5, 0.6) is 0 Å². The number of benzene rings is 2. The highest BCUT2D eigenvalue weighted by atomic mass is 19.1. The zero-order chi connectivity index (χ0) is 21.1. The Morgan fingerprint density at radius 1 is 0.931 bits per heavy atom. The lowest BCUT2D eigenvalue weighted by atomic mass is 10.1. The Morgan fingerprint density at radius 3 is 2.14 bits per heavy atom. The van der Waals surface area contributed by atoms with E-state index in [1.807, 2.05) is 0 Å². The molecule has 5 nitrogen and oxygen atoms in total. The molecule has 148 valence electrons. The number of halogens is 2. The molecule has 3 aromatic rings. The van der Waals surface area contributed by atoms with E-state index in [1.54, 1.807) is 60.9 Å². The molecule has 0 aliphatic carbocycles. The molecule has 1 aromatic heterocycles. The van der Waals surface area contributed by atoms with Gasteiger partial charge in [-0.25, -0.2) is 8.78 Å². The summed E-state index contributed by atoms with van der Waals surface area (Å²) in [6.07, 6.45) is 6.26. The number of nitrogens with zero attached hydrogens (tertiary/aromatic N) is 1. The third-order valence-corrected chi connectivity index (χ3v) is 3.67. The van der Waals surface area contributed by atoms with Gasteiger partial charge < -0.3 is 11.1 Å². The number of carbonyl (C=O) groups is 2. The molecule has 0 fully saturated rings. The Labute approximate surface area is 166 Å². The molecule has 2 aromatic carbocycles.